The van der Waals surface area contributed by atoms with Gasteiger partial charge in [0.2, 0.25) is 0 Å². The van der Waals surface area contributed by atoms with Crippen LogP contribution in [0.15, 0.2) is 72.3 Å². The molecule has 7 heteroatoms. The summed E-state index contributed by atoms with van der Waals surface area (Å²) >= 11 is 0.957. The fraction of sp³-hybridized carbons (Fsp3) is 0.167. The van der Waals surface area contributed by atoms with E-state index in [1.54, 1.807) is 19.3 Å². The van der Waals surface area contributed by atoms with Crippen molar-refractivity contribution in [3.05, 3.63) is 77.9 Å². The number of fused-ring (bicyclic) bond motifs is 1. The number of rotatable bonds is 8. The minimum absolute atomic E-state index is 0.212. The van der Waals surface area contributed by atoms with E-state index in [-0.39, 0.29) is 17.7 Å². The zero-order chi connectivity index (χ0) is 21.8. The van der Waals surface area contributed by atoms with E-state index in [1.807, 2.05) is 54.7 Å². The maximum atomic E-state index is 12.6. The summed E-state index contributed by atoms with van der Waals surface area (Å²) in [4.78, 5) is 26.3. The monoisotopic (exact) mass is 434 g/mol. The zero-order valence-corrected chi connectivity index (χ0v) is 17.9. The predicted octanol–water partition coefficient (Wildman–Crippen LogP) is 4.95. The van der Waals surface area contributed by atoms with Gasteiger partial charge in [0.05, 0.1) is 18.6 Å². The molecular weight excluding hydrogens is 412 g/mol. The van der Waals surface area contributed by atoms with Crippen molar-refractivity contribution in [1.82, 2.24) is 9.47 Å². The predicted molar refractivity (Wildman–Crippen MR) is 123 cm³/mol. The number of thioether (sulfide) groups is 1. The summed E-state index contributed by atoms with van der Waals surface area (Å²) in [5.74, 6) is 1.10. The number of amides is 2. The van der Waals surface area contributed by atoms with Crippen LogP contribution in [0.25, 0.3) is 17.0 Å². The molecule has 2 amide bonds. The summed E-state index contributed by atoms with van der Waals surface area (Å²) in [6, 6.07) is 15.5. The van der Waals surface area contributed by atoms with Gasteiger partial charge in [0.25, 0.3) is 11.1 Å². The fourth-order valence-corrected chi connectivity index (χ4v) is 4.33. The minimum Gasteiger partial charge on any atom is -0.493 e. The number of carbonyl (C=O) groups excluding carboxylic acids is 2. The Morgan fingerprint density at radius 1 is 1.06 bits per heavy atom. The Hall–Kier alpha value is -3.45. The van der Waals surface area contributed by atoms with E-state index in [0.29, 0.717) is 29.6 Å². The fourth-order valence-electron chi connectivity index (χ4n) is 3.49. The van der Waals surface area contributed by atoms with Crippen LogP contribution in [0, 0.1) is 0 Å². The van der Waals surface area contributed by atoms with Gasteiger partial charge in [0.15, 0.2) is 11.5 Å². The number of carbonyl (C=O) groups is 2. The van der Waals surface area contributed by atoms with Gasteiger partial charge < -0.3 is 14.0 Å². The van der Waals surface area contributed by atoms with Crippen molar-refractivity contribution < 1.29 is 19.1 Å². The third-order valence-electron chi connectivity index (χ3n) is 4.95. The first-order valence-electron chi connectivity index (χ1n) is 9.82. The lowest BCUT2D eigenvalue weighted by molar-refractivity contribution is -0.122. The van der Waals surface area contributed by atoms with Gasteiger partial charge in [-0.3, -0.25) is 14.5 Å². The summed E-state index contributed by atoms with van der Waals surface area (Å²) in [5, 5.41) is 0.736. The van der Waals surface area contributed by atoms with Gasteiger partial charge in [-0.1, -0.05) is 36.4 Å². The van der Waals surface area contributed by atoms with Crippen molar-refractivity contribution in [1.29, 1.82) is 0 Å². The quantitative estimate of drug-likeness (QED) is 0.371. The number of para-hydroxylation sites is 3. The molecule has 3 aromatic rings. The number of imide groups is 1. The molecule has 0 aliphatic carbocycles. The average molecular weight is 435 g/mol. The molecule has 1 aliphatic heterocycles. The van der Waals surface area contributed by atoms with Crippen molar-refractivity contribution in [2.75, 3.05) is 20.3 Å². The smallest absolute Gasteiger partial charge is 0.293 e. The maximum absolute atomic E-state index is 12.6. The Morgan fingerprint density at radius 3 is 2.58 bits per heavy atom. The van der Waals surface area contributed by atoms with Crippen molar-refractivity contribution in [2.45, 2.75) is 6.54 Å². The summed E-state index contributed by atoms with van der Waals surface area (Å²) in [6.07, 6.45) is 5.32. The van der Waals surface area contributed by atoms with E-state index in [1.165, 1.54) is 4.90 Å². The van der Waals surface area contributed by atoms with Crippen LogP contribution < -0.4 is 9.47 Å². The highest BCUT2D eigenvalue weighted by atomic mass is 32.2. The molecule has 0 unspecified atom stereocenters. The van der Waals surface area contributed by atoms with E-state index >= 15 is 0 Å². The molecule has 158 valence electrons. The number of methoxy groups -OCH3 is 1. The van der Waals surface area contributed by atoms with Crippen LogP contribution in [-0.4, -0.2) is 40.9 Å². The van der Waals surface area contributed by atoms with Crippen molar-refractivity contribution in [3.63, 3.8) is 0 Å². The van der Waals surface area contributed by atoms with Crippen LogP contribution in [0.4, 0.5) is 4.79 Å². The Balaban J connectivity index is 1.57. The number of aromatic nitrogens is 1. The third kappa shape index (κ3) is 4.22. The molecule has 1 aliphatic rings. The van der Waals surface area contributed by atoms with Crippen LogP contribution in [0.3, 0.4) is 0 Å². The number of ether oxygens (including phenoxy) is 2. The lowest BCUT2D eigenvalue weighted by atomic mass is 10.1. The minimum atomic E-state index is -0.286. The maximum Gasteiger partial charge on any atom is 0.293 e. The molecule has 0 radical (unpaired) electrons. The molecule has 1 fully saturated rings. The zero-order valence-electron chi connectivity index (χ0n) is 17.1. The van der Waals surface area contributed by atoms with E-state index in [4.69, 9.17) is 9.47 Å². The lowest BCUT2D eigenvalue weighted by Gasteiger charge is -2.11. The van der Waals surface area contributed by atoms with Gasteiger partial charge in [-0.2, -0.15) is 0 Å². The molecule has 0 spiro atoms. The van der Waals surface area contributed by atoms with Gasteiger partial charge in [-0.05, 0) is 36.0 Å². The topological polar surface area (TPSA) is 60.8 Å². The first kappa shape index (κ1) is 20.8. The first-order chi connectivity index (χ1) is 15.1. The molecule has 0 bridgehead atoms. The van der Waals surface area contributed by atoms with Crippen molar-refractivity contribution >= 4 is 39.9 Å². The van der Waals surface area contributed by atoms with Gasteiger partial charge >= 0.3 is 0 Å². The standard InChI is InChI=1S/C24H22N2O4S/c1-3-12-26-23(27)22(31-24(26)28)15-17-16-25(19-9-5-4-8-18(17)19)13-14-30-21-11-7-6-10-20(21)29-2/h3-11,15-16H,1,12-14H2,2H3/b22-15-. The second kappa shape index (κ2) is 9.14. The largest absolute Gasteiger partial charge is 0.493 e. The van der Waals surface area contributed by atoms with E-state index in [2.05, 4.69) is 11.1 Å². The van der Waals surface area contributed by atoms with Gasteiger partial charge in [-0.15, -0.1) is 6.58 Å². The summed E-state index contributed by atoms with van der Waals surface area (Å²) < 4.78 is 13.3. The molecule has 0 N–H and O–H groups in total. The second-order valence-electron chi connectivity index (χ2n) is 6.88. The molecule has 0 atom stereocenters. The molecule has 4 rings (SSSR count). The van der Waals surface area contributed by atoms with Crippen LogP contribution >= 0.6 is 11.8 Å². The van der Waals surface area contributed by atoms with Crippen LogP contribution in [-0.2, 0) is 11.3 Å². The Labute approximate surface area is 184 Å². The van der Waals surface area contributed by atoms with Gasteiger partial charge in [0, 0.05) is 29.2 Å². The molecule has 1 aromatic heterocycles. The van der Waals surface area contributed by atoms with Gasteiger partial charge in [0.1, 0.15) is 6.61 Å². The molecule has 0 saturated carbocycles. The first-order valence-corrected chi connectivity index (χ1v) is 10.6. The highest BCUT2D eigenvalue weighted by Gasteiger charge is 2.34. The van der Waals surface area contributed by atoms with Crippen molar-refractivity contribution in [2.24, 2.45) is 0 Å². The SMILES string of the molecule is C=CCN1C(=O)S/C(=C\c2cn(CCOc3ccccc3OC)c3ccccc23)C1=O. The molecule has 2 aromatic carbocycles. The summed E-state index contributed by atoms with van der Waals surface area (Å²) in [6.45, 7) is 4.89. The molecule has 6 nitrogen and oxygen atoms in total. The van der Waals surface area contributed by atoms with Gasteiger partial charge in [-0.25, -0.2) is 0 Å². The molecule has 31 heavy (non-hydrogen) atoms. The Bertz CT molecular complexity index is 1180. The Kier molecular flexibility index (Phi) is 6.13. The van der Waals surface area contributed by atoms with E-state index in [0.717, 1.165) is 28.2 Å². The summed E-state index contributed by atoms with van der Waals surface area (Å²) in [7, 11) is 1.62. The number of nitrogens with zero attached hydrogens (tertiary/aromatic N) is 2. The molecular formula is C24H22N2O4S. The average Bonchev–Trinajstić information content (AvgIpc) is 3.27. The highest BCUT2D eigenvalue weighted by Crippen LogP contribution is 2.34. The third-order valence-corrected chi connectivity index (χ3v) is 5.86. The lowest BCUT2D eigenvalue weighted by Crippen LogP contribution is -2.27. The van der Waals surface area contributed by atoms with E-state index in [9.17, 15) is 9.59 Å². The molecule has 1 saturated heterocycles. The number of hydrogen-bond donors (Lipinski definition) is 0. The number of hydrogen-bond acceptors (Lipinski definition) is 5. The highest BCUT2D eigenvalue weighted by molar-refractivity contribution is 8.18. The Morgan fingerprint density at radius 2 is 1.81 bits per heavy atom. The van der Waals surface area contributed by atoms with Crippen LogP contribution in [0.1, 0.15) is 5.56 Å². The number of benzene rings is 2. The normalized spacial score (nSPS) is 15.1. The molecule has 2 heterocycles. The van der Waals surface area contributed by atoms with E-state index < -0.39 is 0 Å². The van der Waals surface area contributed by atoms with Crippen LogP contribution in [0.2, 0.25) is 0 Å². The second-order valence-corrected chi connectivity index (χ2v) is 7.87. The summed E-state index contributed by atoms with van der Waals surface area (Å²) in [5.41, 5.74) is 1.92. The van der Waals surface area contributed by atoms with Crippen LogP contribution in [0.5, 0.6) is 11.5 Å². The van der Waals surface area contributed by atoms with Crippen molar-refractivity contribution in [3.8, 4) is 11.5 Å².